The number of carbonyl (C=O) groups excluding carboxylic acids is 1. The number of hydrogen-bond acceptors (Lipinski definition) is 2. The molecule has 1 heterocycles. The van der Waals surface area contributed by atoms with Gasteiger partial charge in [-0.05, 0) is 12.5 Å². The first kappa shape index (κ1) is 20.7. The zero-order valence-electron chi connectivity index (χ0n) is 15.7. The van der Waals surface area contributed by atoms with Gasteiger partial charge in [0.25, 0.3) is 0 Å². The molecule has 4 heteroatoms. The predicted molar refractivity (Wildman–Crippen MR) is 110 cm³/mol. The molecule has 0 N–H and O–H groups in total. The Morgan fingerprint density at radius 2 is 1.54 bits per heavy atom. The van der Waals surface area contributed by atoms with Gasteiger partial charge in [0.1, 0.15) is 12.0 Å². The van der Waals surface area contributed by atoms with Crippen molar-refractivity contribution in [2.24, 2.45) is 0 Å². The number of hydrogen-bond donors (Lipinski definition) is 0. The fourth-order valence-corrected chi connectivity index (χ4v) is 3.98. The topological polar surface area (TPSA) is 26.3 Å². The zero-order chi connectivity index (χ0) is 17.8. The molecule has 0 bridgehead atoms. The average molecular weight is 419 g/mol. The second kappa shape index (κ2) is 8.83. The standard InChI is InChI=1S/C22H28NO2.BrH/c1-3-25-21(24)22(20-12-8-5-9-13-20)14-16-23(2,17-15-22)18-19-10-6-4-7-11-19;/h4-13H,3,14-18H2,1-2H3;1H/q+1;. The molecule has 0 unspecified atom stereocenters. The summed E-state index contributed by atoms with van der Waals surface area (Å²) in [4.78, 5) is 12.9. The van der Waals surface area contributed by atoms with Gasteiger partial charge in [0.2, 0.25) is 0 Å². The molecule has 1 saturated heterocycles. The molecule has 3 rings (SSSR count). The second-order valence-electron chi connectivity index (χ2n) is 7.38. The molecule has 0 radical (unpaired) electrons. The van der Waals surface area contributed by atoms with Crippen molar-refractivity contribution in [3.63, 3.8) is 0 Å². The van der Waals surface area contributed by atoms with Crippen molar-refractivity contribution in [2.45, 2.75) is 31.7 Å². The highest BCUT2D eigenvalue weighted by atomic mass is 79.9. The molecule has 0 spiro atoms. The van der Waals surface area contributed by atoms with Crippen LogP contribution in [0.2, 0.25) is 0 Å². The summed E-state index contributed by atoms with van der Waals surface area (Å²) < 4.78 is 6.45. The average Bonchev–Trinajstić information content (AvgIpc) is 2.64. The van der Waals surface area contributed by atoms with Gasteiger partial charge >= 0.3 is 5.97 Å². The summed E-state index contributed by atoms with van der Waals surface area (Å²) in [5.41, 5.74) is 1.96. The van der Waals surface area contributed by atoms with Crippen LogP contribution < -0.4 is 0 Å². The van der Waals surface area contributed by atoms with Crippen molar-refractivity contribution >= 4 is 23.0 Å². The quantitative estimate of drug-likeness (QED) is 0.527. The number of ether oxygens (including phenoxy) is 1. The summed E-state index contributed by atoms with van der Waals surface area (Å²) in [6.45, 7) is 5.28. The van der Waals surface area contributed by atoms with E-state index in [1.807, 2.05) is 25.1 Å². The number of quaternary nitrogens is 1. The number of benzene rings is 2. The second-order valence-corrected chi connectivity index (χ2v) is 7.38. The maximum absolute atomic E-state index is 12.9. The summed E-state index contributed by atoms with van der Waals surface area (Å²) in [5.74, 6) is -0.0628. The number of likely N-dealkylation sites (tertiary alicyclic amines) is 1. The van der Waals surface area contributed by atoms with Gasteiger partial charge in [-0.25, -0.2) is 0 Å². The number of halogens is 1. The molecule has 26 heavy (non-hydrogen) atoms. The van der Waals surface area contributed by atoms with Crippen molar-refractivity contribution in [3.8, 4) is 0 Å². The summed E-state index contributed by atoms with van der Waals surface area (Å²) in [6, 6.07) is 20.8. The van der Waals surface area contributed by atoms with Crippen LogP contribution in [0.25, 0.3) is 0 Å². The van der Waals surface area contributed by atoms with Crippen LogP contribution in [0.5, 0.6) is 0 Å². The van der Waals surface area contributed by atoms with Gasteiger partial charge in [0.15, 0.2) is 0 Å². The number of carbonyl (C=O) groups is 1. The van der Waals surface area contributed by atoms with E-state index in [0.717, 1.165) is 42.5 Å². The SMILES string of the molecule is Br.CCOC(=O)C1(c2ccccc2)CC[N+](C)(Cc2ccccc2)CC1. The van der Waals surface area contributed by atoms with Gasteiger partial charge in [-0.15, -0.1) is 17.0 Å². The van der Waals surface area contributed by atoms with E-state index in [1.54, 1.807) is 0 Å². The Bertz CT molecular complexity index is 695. The third kappa shape index (κ3) is 4.36. The molecule has 1 aliphatic rings. The normalized spacial score (nSPS) is 25.2. The molecule has 0 atom stereocenters. The Balaban J connectivity index is 0.00000243. The van der Waals surface area contributed by atoms with Crippen molar-refractivity contribution in [2.75, 3.05) is 26.7 Å². The van der Waals surface area contributed by atoms with Crippen molar-refractivity contribution < 1.29 is 14.0 Å². The fourth-order valence-electron chi connectivity index (χ4n) is 3.98. The smallest absolute Gasteiger partial charge is 0.317 e. The van der Waals surface area contributed by atoms with Crippen molar-refractivity contribution in [1.29, 1.82) is 0 Å². The molecule has 0 aromatic heterocycles. The minimum absolute atomic E-state index is 0. The largest absolute Gasteiger partial charge is 0.465 e. The fraction of sp³-hybridized carbons (Fsp3) is 0.409. The van der Waals surface area contributed by atoms with Gasteiger partial charge < -0.3 is 9.22 Å². The molecule has 140 valence electrons. The van der Waals surface area contributed by atoms with Crippen molar-refractivity contribution in [3.05, 3.63) is 71.8 Å². The Morgan fingerprint density at radius 3 is 2.08 bits per heavy atom. The number of piperidine rings is 1. The van der Waals surface area contributed by atoms with Gasteiger partial charge in [-0.2, -0.15) is 0 Å². The lowest BCUT2D eigenvalue weighted by atomic mass is 9.72. The summed E-state index contributed by atoms with van der Waals surface area (Å²) >= 11 is 0. The summed E-state index contributed by atoms with van der Waals surface area (Å²) in [7, 11) is 2.30. The molecule has 3 nitrogen and oxygen atoms in total. The van der Waals surface area contributed by atoms with E-state index in [4.69, 9.17) is 4.74 Å². The van der Waals surface area contributed by atoms with Gasteiger partial charge in [-0.3, -0.25) is 4.79 Å². The van der Waals surface area contributed by atoms with Crippen LogP contribution in [0.4, 0.5) is 0 Å². The summed E-state index contributed by atoms with van der Waals surface area (Å²) in [6.07, 6.45) is 1.67. The Labute approximate surface area is 167 Å². The Kier molecular flexibility index (Phi) is 7.01. The van der Waals surface area contributed by atoms with E-state index >= 15 is 0 Å². The molecular weight excluding hydrogens is 390 g/mol. The number of rotatable bonds is 5. The van der Waals surface area contributed by atoms with E-state index in [2.05, 4.69) is 49.5 Å². The minimum atomic E-state index is -0.494. The van der Waals surface area contributed by atoms with Crippen LogP contribution >= 0.6 is 17.0 Å². The van der Waals surface area contributed by atoms with Gasteiger partial charge in [0.05, 0.1) is 26.7 Å². The van der Waals surface area contributed by atoms with Crippen LogP contribution in [0.15, 0.2) is 60.7 Å². The van der Waals surface area contributed by atoms with E-state index in [1.165, 1.54) is 5.56 Å². The molecular formula is C22H29BrNO2+. The highest BCUT2D eigenvalue weighted by Gasteiger charge is 2.48. The molecule has 0 aliphatic carbocycles. The molecule has 1 aliphatic heterocycles. The van der Waals surface area contributed by atoms with E-state index < -0.39 is 5.41 Å². The first-order valence-electron chi connectivity index (χ1n) is 9.18. The minimum Gasteiger partial charge on any atom is -0.465 e. The maximum atomic E-state index is 12.9. The third-order valence-electron chi connectivity index (χ3n) is 5.56. The Hall–Kier alpha value is -1.65. The molecule has 0 amide bonds. The Morgan fingerprint density at radius 1 is 1.00 bits per heavy atom. The zero-order valence-corrected chi connectivity index (χ0v) is 17.4. The number of esters is 1. The lowest BCUT2D eigenvalue weighted by Crippen LogP contribution is -2.56. The van der Waals surface area contributed by atoms with E-state index in [-0.39, 0.29) is 23.0 Å². The molecule has 0 saturated carbocycles. The predicted octanol–water partition coefficient (Wildman–Crippen LogP) is 4.51. The van der Waals surface area contributed by atoms with E-state index in [9.17, 15) is 4.79 Å². The highest BCUT2D eigenvalue weighted by molar-refractivity contribution is 8.93. The lowest BCUT2D eigenvalue weighted by molar-refractivity contribution is -0.928. The van der Waals surface area contributed by atoms with Crippen LogP contribution in [0.3, 0.4) is 0 Å². The maximum Gasteiger partial charge on any atom is 0.317 e. The third-order valence-corrected chi connectivity index (χ3v) is 5.56. The molecule has 1 fully saturated rings. The van der Waals surface area contributed by atoms with Crippen LogP contribution in [0, 0.1) is 0 Å². The van der Waals surface area contributed by atoms with Crippen LogP contribution in [-0.4, -0.2) is 37.2 Å². The molecule has 2 aromatic carbocycles. The van der Waals surface area contributed by atoms with Crippen molar-refractivity contribution in [1.82, 2.24) is 0 Å². The highest BCUT2D eigenvalue weighted by Crippen LogP contribution is 2.39. The summed E-state index contributed by atoms with van der Waals surface area (Å²) in [5, 5.41) is 0. The van der Waals surface area contributed by atoms with E-state index in [0.29, 0.717) is 6.61 Å². The van der Waals surface area contributed by atoms with Gasteiger partial charge in [0, 0.05) is 18.4 Å². The van der Waals surface area contributed by atoms with Gasteiger partial charge in [-0.1, -0.05) is 60.7 Å². The monoisotopic (exact) mass is 418 g/mol. The lowest BCUT2D eigenvalue weighted by Gasteiger charge is -2.45. The van der Waals surface area contributed by atoms with Crippen LogP contribution in [-0.2, 0) is 21.5 Å². The van der Waals surface area contributed by atoms with Crippen LogP contribution in [0.1, 0.15) is 30.9 Å². The first-order chi connectivity index (χ1) is 12.1. The first-order valence-corrected chi connectivity index (χ1v) is 9.18. The number of nitrogens with zero attached hydrogens (tertiary/aromatic N) is 1. The molecule has 2 aromatic rings.